The maximum Gasteiger partial charge on any atom is 0.194 e. The maximum absolute atomic E-state index is 13.6. The van der Waals surface area contributed by atoms with Gasteiger partial charge < -0.3 is 0 Å². The molecule has 2 aliphatic rings. The lowest BCUT2D eigenvalue weighted by Gasteiger charge is -2.39. The van der Waals surface area contributed by atoms with Gasteiger partial charge in [-0.1, -0.05) is 51.9 Å². The average molecular weight is 338 g/mol. The van der Waals surface area contributed by atoms with E-state index in [2.05, 4.69) is 6.92 Å². The second-order valence-electron chi connectivity index (χ2n) is 8.00. The standard InChI is InChI=1S/C21H29F3/c1-2-5-14-6-3-7-15(10-14)16-8-4-9-17(11-16)18-12-19(22)21(24)20(23)13-18/h12-17H,2-11H2,1H3. The number of rotatable bonds is 4. The maximum atomic E-state index is 13.6. The van der Waals surface area contributed by atoms with Crippen molar-refractivity contribution in [1.29, 1.82) is 0 Å². The van der Waals surface area contributed by atoms with Crippen LogP contribution in [0.1, 0.15) is 82.6 Å². The van der Waals surface area contributed by atoms with Gasteiger partial charge in [0.1, 0.15) is 0 Å². The van der Waals surface area contributed by atoms with Gasteiger partial charge >= 0.3 is 0 Å². The summed E-state index contributed by atoms with van der Waals surface area (Å²) in [5.41, 5.74) is 0.650. The molecule has 0 N–H and O–H groups in total. The molecule has 0 aliphatic heterocycles. The van der Waals surface area contributed by atoms with Crippen molar-refractivity contribution in [2.24, 2.45) is 17.8 Å². The Balaban J connectivity index is 1.68. The fourth-order valence-electron chi connectivity index (χ4n) is 5.20. The van der Waals surface area contributed by atoms with Crippen molar-refractivity contribution < 1.29 is 13.2 Å². The van der Waals surface area contributed by atoms with E-state index in [1.165, 1.54) is 57.1 Å². The lowest BCUT2D eigenvalue weighted by molar-refractivity contribution is 0.146. The van der Waals surface area contributed by atoms with Crippen molar-refractivity contribution in [3.05, 3.63) is 35.1 Å². The van der Waals surface area contributed by atoms with Crippen LogP contribution < -0.4 is 0 Å². The van der Waals surface area contributed by atoms with Crippen molar-refractivity contribution in [2.75, 3.05) is 0 Å². The van der Waals surface area contributed by atoms with Crippen LogP contribution in [0.5, 0.6) is 0 Å². The van der Waals surface area contributed by atoms with Gasteiger partial charge in [-0.15, -0.1) is 0 Å². The van der Waals surface area contributed by atoms with E-state index in [-0.39, 0.29) is 5.92 Å². The third kappa shape index (κ3) is 3.97. The minimum atomic E-state index is -1.35. The van der Waals surface area contributed by atoms with E-state index in [0.29, 0.717) is 11.5 Å². The van der Waals surface area contributed by atoms with E-state index in [1.807, 2.05) is 0 Å². The molecule has 4 unspecified atom stereocenters. The quantitative estimate of drug-likeness (QED) is 0.519. The number of halogens is 3. The average Bonchev–Trinajstić information content (AvgIpc) is 2.60. The highest BCUT2D eigenvalue weighted by atomic mass is 19.2. The largest absolute Gasteiger partial charge is 0.204 e. The van der Waals surface area contributed by atoms with E-state index in [1.54, 1.807) is 0 Å². The monoisotopic (exact) mass is 338 g/mol. The molecule has 24 heavy (non-hydrogen) atoms. The zero-order valence-corrected chi connectivity index (χ0v) is 14.7. The predicted octanol–water partition coefficient (Wildman–Crippen LogP) is 6.98. The van der Waals surface area contributed by atoms with Gasteiger partial charge in [0.05, 0.1) is 0 Å². The van der Waals surface area contributed by atoms with Gasteiger partial charge in [0.15, 0.2) is 17.5 Å². The first-order valence-electron chi connectivity index (χ1n) is 9.72. The van der Waals surface area contributed by atoms with Gasteiger partial charge in [0.25, 0.3) is 0 Å². The third-order valence-corrected chi connectivity index (χ3v) is 6.38. The molecule has 2 saturated carbocycles. The summed E-state index contributed by atoms with van der Waals surface area (Å²) in [5, 5.41) is 0. The van der Waals surface area contributed by atoms with Crippen LogP contribution in [-0.2, 0) is 0 Å². The first-order chi connectivity index (χ1) is 11.6. The number of hydrogen-bond acceptors (Lipinski definition) is 0. The van der Waals surface area contributed by atoms with Gasteiger partial charge in [-0.05, 0) is 60.6 Å². The van der Waals surface area contributed by atoms with Gasteiger partial charge in [-0.25, -0.2) is 13.2 Å². The highest BCUT2D eigenvalue weighted by Crippen LogP contribution is 2.45. The van der Waals surface area contributed by atoms with E-state index >= 15 is 0 Å². The van der Waals surface area contributed by atoms with Gasteiger partial charge in [-0.2, -0.15) is 0 Å². The Kier molecular flexibility index (Phi) is 5.89. The van der Waals surface area contributed by atoms with Crippen LogP contribution in [0.3, 0.4) is 0 Å². The molecule has 0 nitrogen and oxygen atoms in total. The molecule has 0 heterocycles. The van der Waals surface area contributed by atoms with Crippen LogP contribution >= 0.6 is 0 Å². The summed E-state index contributed by atoms with van der Waals surface area (Å²) in [6.45, 7) is 2.26. The van der Waals surface area contributed by atoms with Gasteiger partial charge in [0.2, 0.25) is 0 Å². The SMILES string of the molecule is CCCC1CCCC(C2CCCC(c3cc(F)c(F)c(F)c3)C2)C1. The van der Waals surface area contributed by atoms with Crippen LogP contribution in [0.4, 0.5) is 13.2 Å². The van der Waals surface area contributed by atoms with Crippen LogP contribution in [0.2, 0.25) is 0 Å². The van der Waals surface area contributed by atoms with Gasteiger partial charge in [0, 0.05) is 0 Å². The van der Waals surface area contributed by atoms with Crippen molar-refractivity contribution in [3.8, 4) is 0 Å². The Morgan fingerprint density at radius 3 is 2.17 bits per heavy atom. The smallest absolute Gasteiger partial charge is 0.194 e. The summed E-state index contributed by atoms with van der Waals surface area (Å²) in [7, 11) is 0. The minimum absolute atomic E-state index is 0.180. The summed E-state index contributed by atoms with van der Waals surface area (Å²) in [4.78, 5) is 0. The summed E-state index contributed by atoms with van der Waals surface area (Å²) >= 11 is 0. The second-order valence-corrected chi connectivity index (χ2v) is 8.00. The predicted molar refractivity (Wildman–Crippen MR) is 91.4 cm³/mol. The summed E-state index contributed by atoms with van der Waals surface area (Å²) < 4.78 is 40.3. The first-order valence-corrected chi connectivity index (χ1v) is 9.72. The molecular weight excluding hydrogens is 309 g/mol. The molecule has 0 radical (unpaired) electrons. The molecule has 2 fully saturated rings. The first kappa shape index (κ1) is 17.8. The van der Waals surface area contributed by atoms with Crippen molar-refractivity contribution in [3.63, 3.8) is 0 Å². The lowest BCUT2D eigenvalue weighted by atomic mass is 9.66. The Labute approximate surface area is 143 Å². The lowest BCUT2D eigenvalue weighted by Crippen LogP contribution is -2.27. The zero-order chi connectivity index (χ0) is 17.1. The van der Waals surface area contributed by atoms with Crippen LogP contribution in [0.25, 0.3) is 0 Å². The van der Waals surface area contributed by atoms with Crippen LogP contribution in [-0.4, -0.2) is 0 Å². The van der Waals surface area contributed by atoms with E-state index in [0.717, 1.165) is 31.1 Å². The Morgan fingerprint density at radius 1 is 0.875 bits per heavy atom. The molecule has 0 spiro atoms. The topological polar surface area (TPSA) is 0 Å². The molecule has 2 aliphatic carbocycles. The molecule has 0 saturated heterocycles. The molecule has 1 aromatic carbocycles. The van der Waals surface area contributed by atoms with E-state index in [4.69, 9.17) is 0 Å². The molecule has 134 valence electrons. The van der Waals surface area contributed by atoms with Crippen molar-refractivity contribution >= 4 is 0 Å². The van der Waals surface area contributed by atoms with Crippen LogP contribution in [0, 0.1) is 35.2 Å². The Morgan fingerprint density at radius 2 is 1.50 bits per heavy atom. The molecule has 3 rings (SSSR count). The summed E-state index contributed by atoms with van der Waals surface area (Å²) in [6.07, 6.45) is 12.3. The van der Waals surface area contributed by atoms with E-state index in [9.17, 15) is 13.2 Å². The van der Waals surface area contributed by atoms with Gasteiger partial charge in [-0.3, -0.25) is 0 Å². The summed E-state index contributed by atoms with van der Waals surface area (Å²) in [5.74, 6) is -0.955. The number of hydrogen-bond donors (Lipinski definition) is 0. The fraction of sp³-hybridized carbons (Fsp3) is 0.714. The second kappa shape index (κ2) is 7.93. The van der Waals surface area contributed by atoms with Crippen molar-refractivity contribution in [1.82, 2.24) is 0 Å². The molecule has 0 amide bonds. The Bertz CT molecular complexity index is 529. The summed E-state index contributed by atoms with van der Waals surface area (Å²) in [6, 6.07) is 2.43. The van der Waals surface area contributed by atoms with Crippen molar-refractivity contribution in [2.45, 2.75) is 77.0 Å². The third-order valence-electron chi connectivity index (χ3n) is 6.38. The number of benzene rings is 1. The normalized spacial score (nSPS) is 31.2. The highest BCUT2D eigenvalue weighted by Gasteiger charge is 2.32. The molecule has 4 atom stereocenters. The van der Waals surface area contributed by atoms with E-state index < -0.39 is 17.5 Å². The molecule has 0 aromatic heterocycles. The molecule has 3 heteroatoms. The van der Waals surface area contributed by atoms with Crippen LogP contribution in [0.15, 0.2) is 12.1 Å². The fourth-order valence-corrected chi connectivity index (χ4v) is 5.20. The Hall–Kier alpha value is -0.990. The molecule has 0 bridgehead atoms. The minimum Gasteiger partial charge on any atom is -0.204 e. The highest BCUT2D eigenvalue weighted by molar-refractivity contribution is 5.23. The molecule has 1 aromatic rings. The zero-order valence-electron chi connectivity index (χ0n) is 14.7. The molecular formula is C21H29F3.